The number of carbonyl (C=O) groups is 5. The summed E-state index contributed by atoms with van der Waals surface area (Å²) >= 11 is 0. The average Bonchev–Trinajstić information content (AvgIpc) is 3.20. The van der Waals surface area contributed by atoms with Crippen LogP contribution in [-0.4, -0.2) is 183 Å². The Balaban J connectivity index is -0.00000383. The fourth-order valence-electron chi connectivity index (χ4n) is 3.80. The van der Waals surface area contributed by atoms with Gasteiger partial charge >= 0.3 is 57.5 Å². The van der Waals surface area contributed by atoms with Gasteiger partial charge < -0.3 is 67.3 Å². The minimum atomic E-state index is -4.30. The number of aliphatic hydroxyl groups is 3. The van der Waals surface area contributed by atoms with Gasteiger partial charge in [0.2, 0.25) is 0 Å². The lowest BCUT2D eigenvalue weighted by atomic mass is 9.90. The van der Waals surface area contributed by atoms with Gasteiger partial charge in [-0.05, 0) is 41.0 Å². The number of ether oxygens (including phenoxy) is 7. The molecule has 0 fully saturated rings. The summed E-state index contributed by atoms with van der Waals surface area (Å²) in [5.41, 5.74) is -6.65. The maximum absolute atomic E-state index is 13.4. The fourth-order valence-corrected chi connectivity index (χ4v) is 5.52. The van der Waals surface area contributed by atoms with Crippen molar-refractivity contribution < 1.29 is 109 Å². The van der Waals surface area contributed by atoms with Crippen LogP contribution >= 0.6 is 0 Å². The van der Waals surface area contributed by atoms with Crippen LogP contribution in [0.3, 0.4) is 0 Å². The first-order valence-electron chi connectivity index (χ1n) is 18.6. The molecule has 27 heteroatoms. The van der Waals surface area contributed by atoms with Crippen molar-refractivity contribution in [1.29, 1.82) is 0 Å². The first kappa shape index (κ1) is 62.7. The summed E-state index contributed by atoms with van der Waals surface area (Å²) in [6, 6.07) is -0.319. The van der Waals surface area contributed by atoms with Crippen LogP contribution in [0.15, 0.2) is 0 Å². The molecule has 23 nitrogen and oxygen atoms in total. The van der Waals surface area contributed by atoms with Gasteiger partial charge in [0.15, 0.2) is 0 Å². The molecule has 6 unspecified atom stereocenters. The molecule has 0 rings (SSSR count). The largest absolute Gasteiger partial charge is 0.549 e. The Labute approximate surface area is 362 Å². The zero-order valence-electron chi connectivity index (χ0n) is 37.3. The molecule has 358 valence electrons. The third-order valence-electron chi connectivity index (χ3n) is 7.82. The van der Waals surface area contributed by atoms with Gasteiger partial charge in [0.05, 0.1) is 73.0 Å². The molecule has 0 aromatic heterocycles. The maximum atomic E-state index is 13.4. The summed E-state index contributed by atoms with van der Waals surface area (Å²) in [6.07, 6.45) is -0.0173. The van der Waals surface area contributed by atoms with Crippen LogP contribution in [0.1, 0.15) is 41.0 Å². The topological polar surface area (TPSA) is 333 Å². The van der Waals surface area contributed by atoms with Crippen LogP contribution in [0, 0.1) is 27.6 Å². The number of hydrogen-bond donors (Lipinski definition) is 6. The van der Waals surface area contributed by atoms with E-state index >= 15 is 0 Å². The third-order valence-corrected chi connectivity index (χ3v) is 10.0. The molecule has 0 heterocycles. The Morgan fingerprint density at radius 2 is 1.03 bits per heavy atom. The number of methoxy groups -OCH3 is 2. The van der Waals surface area contributed by atoms with E-state index in [1.807, 2.05) is 0 Å². The minimum absolute atomic E-state index is 0.0173. The van der Waals surface area contributed by atoms with Crippen molar-refractivity contribution in [2.75, 3.05) is 87.4 Å². The molecule has 0 bridgehead atoms. The predicted molar refractivity (Wildman–Crippen MR) is 216 cm³/mol. The van der Waals surface area contributed by atoms with Crippen LogP contribution in [0.2, 0.25) is 32.2 Å². The highest BCUT2D eigenvalue weighted by atomic mass is 28.4. The first-order chi connectivity index (χ1) is 28.0. The van der Waals surface area contributed by atoms with Gasteiger partial charge in [0, 0.05) is 21.2 Å². The van der Waals surface area contributed by atoms with Gasteiger partial charge in [-0.3, -0.25) is 32.9 Å². The monoisotopic (exact) mass is 956 g/mol. The van der Waals surface area contributed by atoms with Crippen LogP contribution in [0.25, 0.3) is 0 Å². The lowest BCUT2D eigenvalue weighted by Gasteiger charge is -2.32. The Bertz CT molecular complexity index is 1360. The number of aliphatic hydroxyl groups excluding tert-OH is 3. The molecular formula is C34H68O23Si4. The lowest BCUT2D eigenvalue weighted by Crippen LogP contribution is -2.46. The highest BCUT2D eigenvalue weighted by Crippen LogP contribution is 2.28. The normalized spacial score (nSPS) is 16.3. The molecule has 0 aromatic rings. The van der Waals surface area contributed by atoms with E-state index in [-0.39, 0.29) is 25.7 Å². The molecule has 0 saturated heterocycles. The standard InChI is InChI=1S/C30H56O21Si2.C4H12Si.O2Si/c1-21(22(34)47-10-9-11-53(40,41)51-50-52(39)44-8)12-45-16-28(3,14-32)25(37)49-20-30(5,18-46-17-27(2,13-31)23(35)42-6)26(38)48-19-29(4,15-33)24(36)43-7;1-5(2,3)4;1-3-2/h21,31-33,39-41,52H,9-20H2,1-8H3;1-4H3;. The molecule has 6 N–H and O–H groups in total. The molecule has 0 spiro atoms. The summed E-state index contributed by atoms with van der Waals surface area (Å²) in [7, 11) is -6.13. The van der Waals surface area contributed by atoms with E-state index in [9.17, 15) is 53.7 Å². The molecule has 0 aliphatic carbocycles. The van der Waals surface area contributed by atoms with Crippen molar-refractivity contribution in [2.45, 2.75) is 73.3 Å². The highest BCUT2D eigenvalue weighted by molar-refractivity contribution is 6.74. The van der Waals surface area contributed by atoms with Crippen LogP contribution in [0.5, 0.6) is 0 Å². The second-order valence-electron chi connectivity index (χ2n) is 16.6. The maximum Gasteiger partial charge on any atom is 0.549 e. The van der Waals surface area contributed by atoms with Crippen molar-refractivity contribution in [3.05, 3.63) is 0 Å². The van der Waals surface area contributed by atoms with Gasteiger partial charge in [-0.1, -0.05) is 26.2 Å². The van der Waals surface area contributed by atoms with E-state index in [1.54, 1.807) is 0 Å². The predicted octanol–water partition coefficient (Wildman–Crippen LogP) is -1.41. The van der Waals surface area contributed by atoms with E-state index in [0.29, 0.717) is 0 Å². The second kappa shape index (κ2) is 30.5. The van der Waals surface area contributed by atoms with E-state index in [1.165, 1.54) is 34.6 Å². The minimum Gasteiger partial charge on any atom is -0.468 e. The molecular weight excluding hydrogens is 889 g/mol. The molecule has 0 amide bonds. The second-order valence-corrected chi connectivity index (χ2v) is 26.2. The smallest absolute Gasteiger partial charge is 0.468 e. The number of esters is 5. The third kappa shape index (κ3) is 26.6. The molecule has 0 aromatic carbocycles. The molecule has 0 aliphatic heterocycles. The Hall–Kier alpha value is -2.62. The molecule has 0 saturated carbocycles. The summed E-state index contributed by atoms with van der Waals surface area (Å²) in [5, 5.41) is 29.5. The number of carbonyl (C=O) groups excluding carboxylic acids is 5. The quantitative estimate of drug-likeness (QED) is 0.0131. The van der Waals surface area contributed by atoms with E-state index in [2.05, 4.69) is 44.5 Å². The van der Waals surface area contributed by atoms with Crippen molar-refractivity contribution >= 4 is 65.5 Å². The average molecular weight is 957 g/mol. The van der Waals surface area contributed by atoms with Gasteiger partial charge in [0.1, 0.15) is 34.9 Å². The summed E-state index contributed by atoms with van der Waals surface area (Å²) in [4.78, 5) is 92.1. The van der Waals surface area contributed by atoms with Gasteiger partial charge in [-0.25, -0.2) is 9.15 Å². The van der Waals surface area contributed by atoms with Crippen LogP contribution in [-0.2, 0) is 79.6 Å². The number of rotatable bonds is 28. The van der Waals surface area contributed by atoms with E-state index in [0.717, 1.165) is 21.3 Å². The van der Waals surface area contributed by atoms with Crippen LogP contribution < -0.4 is 0 Å². The Kier molecular flexibility index (Phi) is 31.3. The van der Waals surface area contributed by atoms with Crippen molar-refractivity contribution in [3.63, 3.8) is 0 Å². The molecule has 6 atom stereocenters. The van der Waals surface area contributed by atoms with Gasteiger partial charge in [0.25, 0.3) is 0 Å². The van der Waals surface area contributed by atoms with Crippen molar-refractivity contribution in [3.8, 4) is 0 Å². The van der Waals surface area contributed by atoms with E-state index in [4.69, 9.17) is 37.3 Å². The van der Waals surface area contributed by atoms with Crippen molar-refractivity contribution in [2.24, 2.45) is 27.6 Å². The lowest BCUT2D eigenvalue weighted by molar-refractivity contribution is -0.185. The summed E-state index contributed by atoms with van der Waals surface area (Å²) < 4.78 is 66.4. The van der Waals surface area contributed by atoms with Crippen molar-refractivity contribution in [1.82, 2.24) is 0 Å². The molecule has 0 aliphatic rings. The molecule has 61 heavy (non-hydrogen) atoms. The van der Waals surface area contributed by atoms with E-state index < -0.39 is 146 Å². The van der Waals surface area contributed by atoms with Gasteiger partial charge in [-0.15, -0.1) is 0 Å². The number of hydrogen-bond acceptors (Lipinski definition) is 23. The zero-order valence-corrected chi connectivity index (χ0v) is 41.4. The SMILES string of the molecule is COC(=O)C(C)(CO)COCC(C)(COC(=O)C(C)(CO)COCC(C)C(=O)OCCC[Si](O)(O)OO[SiH](O)OC)C(=O)OCC(C)(CO)C(=O)OC.C[Si](C)(C)C.O=[Si]=O. The summed E-state index contributed by atoms with van der Waals surface area (Å²) in [5.74, 6) is -5.30. The Morgan fingerprint density at radius 3 is 1.46 bits per heavy atom. The first-order valence-corrected chi connectivity index (χ1v) is 26.9. The molecule has 0 radical (unpaired) electrons. The summed E-state index contributed by atoms with van der Waals surface area (Å²) in [6.45, 7) is 10.6. The fraction of sp³-hybridized carbons (Fsp3) is 0.853. The highest BCUT2D eigenvalue weighted by Gasteiger charge is 2.44. The Morgan fingerprint density at radius 1 is 0.656 bits per heavy atom. The van der Waals surface area contributed by atoms with Crippen LogP contribution in [0.4, 0.5) is 0 Å². The van der Waals surface area contributed by atoms with Gasteiger partial charge in [-0.2, -0.15) is 0 Å². The zero-order chi connectivity index (χ0) is 48.3.